The van der Waals surface area contributed by atoms with E-state index >= 15 is 0 Å². The first-order chi connectivity index (χ1) is 5.69. The molecule has 0 spiro atoms. The first-order valence-corrected chi connectivity index (χ1v) is 4.06. The summed E-state index contributed by atoms with van der Waals surface area (Å²) in [5.41, 5.74) is 0. The number of esters is 2. The highest BCUT2D eigenvalue weighted by molar-refractivity contribution is 5.94. The van der Waals surface area contributed by atoms with Crippen molar-refractivity contribution in [2.24, 2.45) is 11.8 Å². The van der Waals surface area contributed by atoms with Crippen LogP contribution < -0.4 is 0 Å². The van der Waals surface area contributed by atoms with E-state index in [1.165, 1.54) is 0 Å². The van der Waals surface area contributed by atoms with Crippen LogP contribution in [-0.2, 0) is 14.3 Å². The molecule has 0 amide bonds. The average Bonchev–Trinajstić information content (AvgIpc) is 2.34. The molecular weight excluding hydrogens is 156 g/mol. The van der Waals surface area contributed by atoms with E-state index < -0.39 is 11.9 Å². The van der Waals surface area contributed by atoms with Gasteiger partial charge in [0.2, 0.25) is 0 Å². The van der Waals surface area contributed by atoms with Gasteiger partial charge in [0, 0.05) is 0 Å². The lowest BCUT2D eigenvalue weighted by atomic mass is 9.89. The highest BCUT2D eigenvalue weighted by atomic mass is 16.6. The number of hydrogen-bond donors (Lipinski definition) is 0. The Morgan fingerprint density at radius 1 is 1.75 bits per heavy atom. The third-order valence-electron chi connectivity index (χ3n) is 2.19. The lowest BCUT2D eigenvalue weighted by Gasteiger charge is -2.12. The number of hydrogen-bond acceptors (Lipinski definition) is 3. The number of rotatable bonds is 3. The number of carbonyl (C=O) groups excluding carboxylic acids is 2. The van der Waals surface area contributed by atoms with Gasteiger partial charge in [-0.3, -0.25) is 9.59 Å². The molecule has 0 aromatic carbocycles. The lowest BCUT2D eigenvalue weighted by molar-refractivity contribution is -0.153. The number of carbonyl (C=O) groups is 2. The summed E-state index contributed by atoms with van der Waals surface area (Å²) in [6.45, 7) is 5.58. The van der Waals surface area contributed by atoms with Crippen LogP contribution in [0.15, 0.2) is 12.7 Å². The van der Waals surface area contributed by atoms with Gasteiger partial charge in [0.25, 0.3) is 0 Å². The largest absolute Gasteiger partial charge is 0.393 e. The van der Waals surface area contributed by atoms with Crippen molar-refractivity contribution < 1.29 is 14.3 Å². The smallest absolute Gasteiger partial charge is 0.317 e. The number of ether oxygens (including phenoxy) is 1. The zero-order valence-corrected chi connectivity index (χ0v) is 7.08. The van der Waals surface area contributed by atoms with Gasteiger partial charge in [0.1, 0.15) is 0 Å². The Labute approximate surface area is 71.4 Å². The molecule has 0 radical (unpaired) electrons. The van der Waals surface area contributed by atoms with Crippen LogP contribution in [0.5, 0.6) is 0 Å². The fraction of sp³-hybridized carbons (Fsp3) is 0.556. The Morgan fingerprint density at radius 3 is 2.75 bits per heavy atom. The van der Waals surface area contributed by atoms with Gasteiger partial charge in [-0.2, -0.15) is 0 Å². The number of allylic oxidation sites excluding steroid dienone is 1. The third-order valence-corrected chi connectivity index (χ3v) is 2.19. The first-order valence-electron chi connectivity index (χ1n) is 4.06. The van der Waals surface area contributed by atoms with E-state index in [2.05, 4.69) is 11.3 Å². The molecule has 1 aliphatic rings. The molecule has 0 aromatic rings. The molecule has 1 fully saturated rings. The molecular formula is C9H12O3. The minimum atomic E-state index is -0.412. The maximum Gasteiger partial charge on any atom is 0.317 e. The minimum Gasteiger partial charge on any atom is -0.393 e. The highest BCUT2D eigenvalue weighted by Gasteiger charge is 2.37. The van der Waals surface area contributed by atoms with Gasteiger partial charge in [-0.15, -0.1) is 6.58 Å². The highest BCUT2D eigenvalue weighted by Crippen LogP contribution is 2.27. The lowest BCUT2D eigenvalue weighted by Crippen LogP contribution is -2.16. The van der Waals surface area contributed by atoms with Gasteiger partial charge >= 0.3 is 11.9 Å². The van der Waals surface area contributed by atoms with Crippen molar-refractivity contribution in [3.8, 4) is 0 Å². The molecule has 3 heteroatoms. The van der Waals surface area contributed by atoms with Crippen LogP contribution in [0.3, 0.4) is 0 Å². The molecule has 0 bridgehead atoms. The maximum atomic E-state index is 11.1. The molecule has 2 atom stereocenters. The van der Waals surface area contributed by atoms with Gasteiger partial charge in [-0.1, -0.05) is 13.0 Å². The SMILES string of the molecule is C=CC(CC)C1CC(=O)OC1=O. The Bertz CT molecular complexity index is 220. The van der Waals surface area contributed by atoms with Gasteiger partial charge in [-0.05, 0) is 12.3 Å². The van der Waals surface area contributed by atoms with Gasteiger partial charge in [0.05, 0.1) is 12.3 Å². The van der Waals surface area contributed by atoms with Crippen molar-refractivity contribution in [2.45, 2.75) is 19.8 Å². The minimum absolute atomic E-state index is 0.0731. The normalized spacial score (nSPS) is 25.2. The molecule has 2 unspecified atom stereocenters. The Kier molecular flexibility index (Phi) is 2.63. The van der Waals surface area contributed by atoms with E-state index in [1.807, 2.05) is 6.92 Å². The van der Waals surface area contributed by atoms with Crippen LogP contribution in [0, 0.1) is 11.8 Å². The summed E-state index contributed by atoms with van der Waals surface area (Å²) in [4.78, 5) is 21.8. The van der Waals surface area contributed by atoms with Gasteiger partial charge < -0.3 is 4.74 Å². The van der Waals surface area contributed by atoms with Crippen LogP contribution in [0.4, 0.5) is 0 Å². The summed E-state index contributed by atoms with van der Waals surface area (Å²) < 4.78 is 4.43. The predicted octanol–water partition coefficient (Wildman–Crippen LogP) is 1.29. The van der Waals surface area contributed by atoms with E-state index in [-0.39, 0.29) is 18.3 Å². The molecule has 0 saturated carbocycles. The quantitative estimate of drug-likeness (QED) is 0.362. The standard InChI is InChI=1S/C9H12O3/c1-3-6(4-2)7-5-8(10)12-9(7)11/h3,6-7H,1,4-5H2,2H3. The molecule has 1 aliphatic heterocycles. The summed E-state index contributed by atoms with van der Waals surface area (Å²) in [5.74, 6) is -1.03. The van der Waals surface area contributed by atoms with Crippen molar-refractivity contribution in [1.82, 2.24) is 0 Å². The summed E-state index contributed by atoms with van der Waals surface area (Å²) in [6, 6.07) is 0. The zero-order chi connectivity index (χ0) is 9.14. The van der Waals surface area contributed by atoms with E-state index in [0.717, 1.165) is 6.42 Å². The molecule has 0 aliphatic carbocycles. The van der Waals surface area contributed by atoms with Crippen LogP contribution in [0.2, 0.25) is 0 Å². The third kappa shape index (κ3) is 1.55. The topological polar surface area (TPSA) is 43.4 Å². The molecule has 1 saturated heterocycles. The molecule has 66 valence electrons. The Balaban J connectivity index is 2.68. The monoisotopic (exact) mass is 168 g/mol. The second kappa shape index (κ2) is 3.52. The molecule has 0 aromatic heterocycles. The second-order valence-electron chi connectivity index (χ2n) is 2.91. The van der Waals surface area contributed by atoms with Crippen molar-refractivity contribution in [3.05, 3.63) is 12.7 Å². The van der Waals surface area contributed by atoms with Crippen molar-refractivity contribution >= 4 is 11.9 Å². The van der Waals surface area contributed by atoms with Crippen LogP contribution >= 0.6 is 0 Å². The molecule has 1 heterocycles. The zero-order valence-electron chi connectivity index (χ0n) is 7.08. The fourth-order valence-corrected chi connectivity index (χ4v) is 1.43. The molecule has 0 N–H and O–H groups in total. The molecule has 12 heavy (non-hydrogen) atoms. The number of cyclic esters (lactones) is 2. The van der Waals surface area contributed by atoms with Gasteiger partial charge in [-0.25, -0.2) is 0 Å². The van der Waals surface area contributed by atoms with E-state index in [4.69, 9.17) is 0 Å². The molecule has 3 nitrogen and oxygen atoms in total. The van der Waals surface area contributed by atoms with E-state index in [9.17, 15) is 9.59 Å². The Morgan fingerprint density at radius 2 is 2.42 bits per heavy atom. The Hall–Kier alpha value is -1.12. The van der Waals surface area contributed by atoms with Crippen LogP contribution in [0.1, 0.15) is 19.8 Å². The van der Waals surface area contributed by atoms with E-state index in [0.29, 0.717) is 0 Å². The first kappa shape index (κ1) is 8.97. The average molecular weight is 168 g/mol. The van der Waals surface area contributed by atoms with Crippen LogP contribution in [0.25, 0.3) is 0 Å². The maximum absolute atomic E-state index is 11.1. The van der Waals surface area contributed by atoms with Crippen molar-refractivity contribution in [3.63, 3.8) is 0 Å². The van der Waals surface area contributed by atoms with E-state index in [1.54, 1.807) is 6.08 Å². The molecule has 1 rings (SSSR count). The second-order valence-corrected chi connectivity index (χ2v) is 2.91. The fourth-order valence-electron chi connectivity index (χ4n) is 1.43. The summed E-state index contributed by atoms with van der Waals surface area (Å²) >= 11 is 0. The summed E-state index contributed by atoms with van der Waals surface area (Å²) in [7, 11) is 0. The van der Waals surface area contributed by atoms with Gasteiger partial charge in [0.15, 0.2) is 0 Å². The van der Waals surface area contributed by atoms with Crippen molar-refractivity contribution in [1.29, 1.82) is 0 Å². The summed E-state index contributed by atoms with van der Waals surface area (Å²) in [5, 5.41) is 0. The van der Waals surface area contributed by atoms with Crippen LogP contribution in [-0.4, -0.2) is 11.9 Å². The van der Waals surface area contributed by atoms with Crippen molar-refractivity contribution in [2.75, 3.05) is 0 Å². The summed E-state index contributed by atoms with van der Waals surface area (Å²) in [6.07, 6.45) is 2.74. The predicted molar refractivity (Wildman–Crippen MR) is 43.2 cm³/mol.